The smallest absolute Gasteiger partial charge is 0.220 e. The summed E-state index contributed by atoms with van der Waals surface area (Å²) >= 11 is 1.62. The summed E-state index contributed by atoms with van der Waals surface area (Å²) in [7, 11) is -1.59. The van der Waals surface area contributed by atoms with Crippen LogP contribution in [0.5, 0.6) is 0 Å². The second-order valence-electron chi connectivity index (χ2n) is 4.42. The van der Waals surface area contributed by atoms with Gasteiger partial charge in [-0.3, -0.25) is 4.79 Å². The molecule has 0 spiro atoms. The normalized spacial score (nSPS) is 11.7. The lowest BCUT2D eigenvalue weighted by Crippen LogP contribution is -2.31. The Morgan fingerprint density at radius 2 is 2.21 bits per heavy atom. The second-order valence-corrected chi connectivity index (χ2v) is 7.29. The summed E-state index contributed by atoms with van der Waals surface area (Å²) in [4.78, 5) is 11.5. The molecule has 0 aliphatic carbocycles. The molecule has 108 valence electrons. The molecule has 0 saturated heterocycles. The minimum Gasteiger partial charge on any atom is -0.356 e. The quantitative estimate of drug-likeness (QED) is 0.731. The Kier molecular flexibility index (Phi) is 6.47. The summed E-state index contributed by atoms with van der Waals surface area (Å²) in [6, 6.07) is 2.01. The summed E-state index contributed by atoms with van der Waals surface area (Å²) in [5.41, 5.74) is 1.18. The summed E-state index contributed by atoms with van der Waals surface area (Å²) in [6.45, 7) is 0.923. The van der Waals surface area contributed by atoms with Crippen molar-refractivity contribution in [2.45, 2.75) is 19.3 Å². The van der Waals surface area contributed by atoms with Gasteiger partial charge in [0.1, 0.15) is 0 Å². The molecule has 5 nitrogen and oxygen atoms in total. The average molecular weight is 304 g/mol. The Labute approximate surface area is 118 Å². The highest BCUT2D eigenvalue weighted by Gasteiger charge is 2.09. The van der Waals surface area contributed by atoms with E-state index >= 15 is 0 Å². The number of nitrogens with one attached hydrogen (secondary N) is 1. The molecule has 0 fully saturated rings. The zero-order chi connectivity index (χ0) is 14.3. The monoisotopic (exact) mass is 304 g/mol. The molecular formula is C12H20N2O3S2. The SMILES string of the molecule is CN(CCCNC(=O)CCc1ccsc1)S(C)(=O)=O. The highest BCUT2D eigenvalue weighted by atomic mass is 32.2. The molecule has 0 saturated carbocycles. The van der Waals surface area contributed by atoms with Crippen molar-refractivity contribution >= 4 is 27.3 Å². The third-order valence-electron chi connectivity index (χ3n) is 2.76. The third kappa shape index (κ3) is 6.70. The molecular weight excluding hydrogens is 284 g/mol. The van der Waals surface area contributed by atoms with E-state index in [1.54, 1.807) is 11.3 Å². The molecule has 0 aliphatic heterocycles. The number of thiophene rings is 1. The maximum atomic E-state index is 11.5. The van der Waals surface area contributed by atoms with Crippen molar-refractivity contribution in [3.05, 3.63) is 22.4 Å². The number of aryl methyl sites for hydroxylation is 1. The van der Waals surface area contributed by atoms with E-state index < -0.39 is 10.0 Å². The number of nitrogens with zero attached hydrogens (tertiary/aromatic N) is 1. The summed E-state index contributed by atoms with van der Waals surface area (Å²) < 4.78 is 23.5. The van der Waals surface area contributed by atoms with Crippen LogP contribution in [0.15, 0.2) is 16.8 Å². The van der Waals surface area contributed by atoms with Crippen LogP contribution >= 0.6 is 11.3 Å². The van der Waals surface area contributed by atoms with Crippen LogP contribution in [0.2, 0.25) is 0 Å². The zero-order valence-electron chi connectivity index (χ0n) is 11.3. The first-order valence-electron chi connectivity index (χ1n) is 6.08. The van der Waals surface area contributed by atoms with Gasteiger partial charge in [0, 0.05) is 26.6 Å². The molecule has 19 heavy (non-hydrogen) atoms. The maximum Gasteiger partial charge on any atom is 0.220 e. The molecule has 1 N–H and O–H groups in total. The van der Waals surface area contributed by atoms with Crippen molar-refractivity contribution in [3.63, 3.8) is 0 Å². The van der Waals surface area contributed by atoms with Crippen LogP contribution in [0.1, 0.15) is 18.4 Å². The molecule has 0 aromatic carbocycles. The Morgan fingerprint density at radius 1 is 1.47 bits per heavy atom. The Morgan fingerprint density at radius 3 is 2.79 bits per heavy atom. The number of rotatable bonds is 8. The Balaban J connectivity index is 2.11. The van der Waals surface area contributed by atoms with Crippen molar-refractivity contribution < 1.29 is 13.2 Å². The first-order chi connectivity index (χ1) is 8.89. The number of amides is 1. The van der Waals surface area contributed by atoms with Crippen LogP contribution in [0, 0.1) is 0 Å². The molecule has 1 aromatic heterocycles. The van der Waals surface area contributed by atoms with Crippen molar-refractivity contribution in [2.24, 2.45) is 0 Å². The van der Waals surface area contributed by atoms with Crippen LogP contribution < -0.4 is 5.32 Å². The largest absolute Gasteiger partial charge is 0.356 e. The van der Waals surface area contributed by atoms with E-state index in [9.17, 15) is 13.2 Å². The van der Waals surface area contributed by atoms with E-state index in [1.807, 2.05) is 16.8 Å². The van der Waals surface area contributed by atoms with Gasteiger partial charge in [-0.2, -0.15) is 11.3 Å². The fourth-order valence-electron chi connectivity index (χ4n) is 1.48. The molecule has 0 unspecified atom stereocenters. The van der Waals surface area contributed by atoms with Crippen LogP contribution in [0.4, 0.5) is 0 Å². The number of hydrogen-bond acceptors (Lipinski definition) is 4. The first kappa shape index (κ1) is 16.1. The van der Waals surface area contributed by atoms with Gasteiger partial charge in [0.2, 0.25) is 15.9 Å². The molecule has 1 amide bonds. The molecule has 1 aromatic rings. The van der Waals surface area contributed by atoms with E-state index in [1.165, 1.54) is 23.2 Å². The lowest BCUT2D eigenvalue weighted by atomic mass is 10.2. The van der Waals surface area contributed by atoms with Gasteiger partial charge in [-0.25, -0.2) is 12.7 Å². The Hall–Kier alpha value is -0.920. The average Bonchev–Trinajstić information content (AvgIpc) is 2.83. The van der Waals surface area contributed by atoms with E-state index in [2.05, 4.69) is 5.32 Å². The third-order valence-corrected chi connectivity index (χ3v) is 4.81. The van der Waals surface area contributed by atoms with E-state index in [-0.39, 0.29) is 5.91 Å². The lowest BCUT2D eigenvalue weighted by Gasteiger charge is -2.13. The van der Waals surface area contributed by atoms with Crippen LogP contribution in [0.25, 0.3) is 0 Å². The molecule has 0 aliphatic rings. The summed E-state index contributed by atoms with van der Waals surface area (Å²) in [5.74, 6) is 0.00760. The number of carbonyl (C=O) groups excluding carboxylic acids is 1. The van der Waals surface area contributed by atoms with Gasteiger partial charge in [-0.1, -0.05) is 0 Å². The van der Waals surface area contributed by atoms with E-state index in [4.69, 9.17) is 0 Å². The number of carbonyl (C=O) groups is 1. The van der Waals surface area contributed by atoms with Crippen LogP contribution in [-0.4, -0.2) is 45.0 Å². The van der Waals surface area contributed by atoms with Gasteiger partial charge in [-0.05, 0) is 35.2 Å². The minimum absolute atomic E-state index is 0.00760. The molecule has 0 bridgehead atoms. The van der Waals surface area contributed by atoms with Crippen LogP contribution in [-0.2, 0) is 21.2 Å². The fourth-order valence-corrected chi connectivity index (χ4v) is 2.64. The van der Waals surface area contributed by atoms with Gasteiger partial charge >= 0.3 is 0 Å². The van der Waals surface area contributed by atoms with Crippen molar-refractivity contribution in [1.29, 1.82) is 0 Å². The molecule has 0 radical (unpaired) electrons. The van der Waals surface area contributed by atoms with Crippen molar-refractivity contribution in [2.75, 3.05) is 26.4 Å². The van der Waals surface area contributed by atoms with E-state index in [0.29, 0.717) is 25.9 Å². The Bertz CT molecular complexity index is 483. The second kappa shape index (κ2) is 7.62. The lowest BCUT2D eigenvalue weighted by molar-refractivity contribution is -0.121. The van der Waals surface area contributed by atoms with Gasteiger partial charge in [0.25, 0.3) is 0 Å². The van der Waals surface area contributed by atoms with Gasteiger partial charge < -0.3 is 5.32 Å². The summed E-state index contributed by atoms with van der Waals surface area (Å²) in [6.07, 6.45) is 3.01. The number of hydrogen-bond donors (Lipinski definition) is 1. The van der Waals surface area contributed by atoms with Gasteiger partial charge in [-0.15, -0.1) is 0 Å². The topological polar surface area (TPSA) is 66.5 Å². The summed E-state index contributed by atoms with van der Waals surface area (Å²) in [5, 5.41) is 6.83. The highest BCUT2D eigenvalue weighted by Crippen LogP contribution is 2.08. The standard InChI is InChI=1S/C12H20N2O3S2/c1-14(19(2,16)17)8-3-7-13-12(15)5-4-11-6-9-18-10-11/h6,9-10H,3-5,7-8H2,1-2H3,(H,13,15). The zero-order valence-corrected chi connectivity index (χ0v) is 12.9. The highest BCUT2D eigenvalue weighted by molar-refractivity contribution is 7.88. The first-order valence-corrected chi connectivity index (χ1v) is 8.88. The predicted molar refractivity (Wildman–Crippen MR) is 77.7 cm³/mol. The van der Waals surface area contributed by atoms with Crippen molar-refractivity contribution in [3.8, 4) is 0 Å². The van der Waals surface area contributed by atoms with E-state index in [0.717, 1.165) is 6.42 Å². The molecule has 1 heterocycles. The fraction of sp³-hybridized carbons (Fsp3) is 0.583. The predicted octanol–water partition coefficient (Wildman–Crippen LogP) is 1.08. The number of sulfonamides is 1. The van der Waals surface area contributed by atoms with Gasteiger partial charge in [0.05, 0.1) is 6.26 Å². The van der Waals surface area contributed by atoms with Gasteiger partial charge in [0.15, 0.2) is 0 Å². The van der Waals surface area contributed by atoms with Crippen molar-refractivity contribution in [1.82, 2.24) is 9.62 Å². The molecule has 7 heteroatoms. The molecule has 1 rings (SSSR count). The molecule has 0 atom stereocenters. The minimum atomic E-state index is -3.12. The maximum absolute atomic E-state index is 11.5. The van der Waals surface area contributed by atoms with Crippen LogP contribution in [0.3, 0.4) is 0 Å².